The average Bonchev–Trinajstić information content (AvgIpc) is 3.09. The van der Waals surface area contributed by atoms with E-state index in [-0.39, 0.29) is 24.1 Å². The van der Waals surface area contributed by atoms with Gasteiger partial charge in [-0.05, 0) is 35.4 Å². The highest BCUT2D eigenvalue weighted by atomic mass is 19.1. The number of hydroxylamine groups is 1. The van der Waals surface area contributed by atoms with Crippen LogP contribution in [0.3, 0.4) is 0 Å². The van der Waals surface area contributed by atoms with E-state index < -0.39 is 5.91 Å². The quantitative estimate of drug-likeness (QED) is 0.551. The Morgan fingerprint density at radius 2 is 1.75 bits per heavy atom. The Hall–Kier alpha value is -3.26. The summed E-state index contributed by atoms with van der Waals surface area (Å²) in [6, 6.07) is 13.4. The highest BCUT2D eigenvalue weighted by Crippen LogP contribution is 2.23. The molecule has 0 atom stereocenters. The number of benzene rings is 2. The van der Waals surface area contributed by atoms with Crippen molar-refractivity contribution in [3.05, 3.63) is 66.1 Å². The molecule has 0 spiro atoms. The van der Waals surface area contributed by atoms with Gasteiger partial charge in [0.05, 0.1) is 0 Å². The SMILES string of the molecule is O=C(NO)c1nc(COc2ccc(-c3ccc(F)cc3)cc2)no1. The molecule has 0 aliphatic rings. The van der Waals surface area contributed by atoms with Crippen LogP contribution in [-0.4, -0.2) is 21.3 Å². The lowest BCUT2D eigenvalue weighted by Gasteiger charge is -2.05. The van der Waals surface area contributed by atoms with Crippen LogP contribution in [-0.2, 0) is 6.61 Å². The van der Waals surface area contributed by atoms with Crippen LogP contribution in [0.2, 0.25) is 0 Å². The third kappa shape index (κ3) is 3.55. The van der Waals surface area contributed by atoms with Gasteiger partial charge in [0.2, 0.25) is 5.82 Å². The third-order valence-corrected chi connectivity index (χ3v) is 3.16. The minimum Gasteiger partial charge on any atom is -0.485 e. The molecule has 2 aromatic carbocycles. The zero-order valence-corrected chi connectivity index (χ0v) is 12.3. The van der Waals surface area contributed by atoms with Gasteiger partial charge in [-0.3, -0.25) is 10.0 Å². The summed E-state index contributed by atoms with van der Waals surface area (Å²) in [5.74, 6) is -0.803. The van der Waals surface area contributed by atoms with Gasteiger partial charge in [0.15, 0.2) is 6.61 Å². The van der Waals surface area contributed by atoms with Gasteiger partial charge in [0, 0.05) is 0 Å². The van der Waals surface area contributed by atoms with Crippen molar-refractivity contribution in [2.24, 2.45) is 0 Å². The number of ether oxygens (including phenoxy) is 1. The highest BCUT2D eigenvalue weighted by Gasteiger charge is 2.14. The lowest BCUT2D eigenvalue weighted by Crippen LogP contribution is -2.18. The molecule has 0 aliphatic carbocycles. The molecule has 3 aromatic rings. The second kappa shape index (κ2) is 6.88. The van der Waals surface area contributed by atoms with Crippen LogP contribution in [0.4, 0.5) is 4.39 Å². The van der Waals surface area contributed by atoms with Gasteiger partial charge in [0.25, 0.3) is 0 Å². The minimum atomic E-state index is -0.891. The van der Waals surface area contributed by atoms with Gasteiger partial charge in [-0.1, -0.05) is 29.4 Å². The first kappa shape index (κ1) is 15.6. The molecular formula is C16H12FN3O4. The number of halogens is 1. The molecule has 0 fully saturated rings. The molecule has 1 amide bonds. The summed E-state index contributed by atoms with van der Waals surface area (Å²) < 4.78 is 23.1. The zero-order chi connectivity index (χ0) is 16.9. The van der Waals surface area contributed by atoms with E-state index in [0.29, 0.717) is 5.75 Å². The van der Waals surface area contributed by atoms with Crippen molar-refractivity contribution in [1.29, 1.82) is 0 Å². The Labute approximate surface area is 135 Å². The maximum absolute atomic E-state index is 12.9. The number of aromatic nitrogens is 2. The molecular weight excluding hydrogens is 317 g/mol. The monoisotopic (exact) mass is 329 g/mol. The van der Waals surface area contributed by atoms with E-state index >= 15 is 0 Å². The zero-order valence-electron chi connectivity index (χ0n) is 12.3. The van der Waals surface area contributed by atoms with E-state index in [1.807, 2.05) is 12.1 Å². The molecule has 122 valence electrons. The standard InChI is InChI=1S/C16H12FN3O4/c17-12-5-1-10(2-6-12)11-3-7-13(8-4-11)23-9-14-18-16(24-20-14)15(21)19-22/h1-8,22H,9H2,(H,19,21). The Kier molecular flexibility index (Phi) is 4.48. The molecule has 8 heteroatoms. The second-order valence-electron chi connectivity index (χ2n) is 4.78. The van der Waals surface area contributed by atoms with Crippen LogP contribution in [0.25, 0.3) is 11.1 Å². The topological polar surface area (TPSA) is 97.5 Å². The van der Waals surface area contributed by atoms with Crippen molar-refractivity contribution in [1.82, 2.24) is 15.6 Å². The van der Waals surface area contributed by atoms with Gasteiger partial charge in [-0.2, -0.15) is 4.98 Å². The normalized spacial score (nSPS) is 10.4. The summed E-state index contributed by atoms with van der Waals surface area (Å²) in [5, 5.41) is 12.0. The molecule has 0 radical (unpaired) electrons. The van der Waals surface area contributed by atoms with Crippen molar-refractivity contribution in [2.45, 2.75) is 6.61 Å². The molecule has 0 unspecified atom stereocenters. The van der Waals surface area contributed by atoms with Gasteiger partial charge in [-0.25, -0.2) is 9.87 Å². The van der Waals surface area contributed by atoms with Crippen molar-refractivity contribution >= 4 is 5.91 Å². The fourth-order valence-electron chi connectivity index (χ4n) is 1.99. The molecule has 0 saturated heterocycles. The predicted molar refractivity (Wildman–Crippen MR) is 79.7 cm³/mol. The molecule has 0 aliphatic heterocycles. The Morgan fingerprint density at radius 3 is 2.38 bits per heavy atom. The van der Waals surface area contributed by atoms with Crippen molar-refractivity contribution in [2.75, 3.05) is 0 Å². The fourth-order valence-corrected chi connectivity index (χ4v) is 1.99. The lowest BCUT2D eigenvalue weighted by molar-refractivity contribution is 0.0659. The minimum absolute atomic E-state index is 0.00188. The van der Waals surface area contributed by atoms with Crippen LogP contribution >= 0.6 is 0 Å². The summed E-state index contributed by atoms with van der Waals surface area (Å²) in [7, 11) is 0. The van der Waals surface area contributed by atoms with Gasteiger partial charge >= 0.3 is 11.8 Å². The molecule has 7 nitrogen and oxygen atoms in total. The Bertz CT molecular complexity index is 831. The predicted octanol–water partition coefficient (Wildman–Crippen LogP) is 2.57. The van der Waals surface area contributed by atoms with E-state index in [1.165, 1.54) is 17.6 Å². The lowest BCUT2D eigenvalue weighted by atomic mass is 10.1. The van der Waals surface area contributed by atoms with Crippen LogP contribution in [0.1, 0.15) is 16.5 Å². The van der Waals surface area contributed by atoms with Crippen LogP contribution in [0, 0.1) is 5.82 Å². The first-order chi connectivity index (χ1) is 11.7. The van der Waals surface area contributed by atoms with E-state index in [2.05, 4.69) is 14.7 Å². The largest absolute Gasteiger partial charge is 0.485 e. The molecule has 2 N–H and O–H groups in total. The number of amides is 1. The van der Waals surface area contributed by atoms with Crippen molar-refractivity contribution in [3.8, 4) is 16.9 Å². The molecule has 24 heavy (non-hydrogen) atoms. The van der Waals surface area contributed by atoms with Gasteiger partial charge in [-0.15, -0.1) is 0 Å². The Morgan fingerprint density at radius 1 is 1.12 bits per heavy atom. The van der Waals surface area contributed by atoms with Gasteiger partial charge < -0.3 is 9.26 Å². The van der Waals surface area contributed by atoms with E-state index in [0.717, 1.165) is 11.1 Å². The molecule has 0 bridgehead atoms. The summed E-state index contributed by atoms with van der Waals surface area (Å²) in [4.78, 5) is 14.8. The maximum Gasteiger partial charge on any atom is 0.333 e. The van der Waals surface area contributed by atoms with Crippen molar-refractivity contribution in [3.63, 3.8) is 0 Å². The van der Waals surface area contributed by atoms with E-state index in [9.17, 15) is 9.18 Å². The van der Waals surface area contributed by atoms with Crippen molar-refractivity contribution < 1.29 is 23.7 Å². The van der Waals surface area contributed by atoms with Crippen LogP contribution < -0.4 is 10.2 Å². The third-order valence-electron chi connectivity index (χ3n) is 3.16. The van der Waals surface area contributed by atoms with Crippen LogP contribution in [0.15, 0.2) is 53.1 Å². The number of hydrogen-bond acceptors (Lipinski definition) is 6. The number of rotatable bonds is 5. The molecule has 1 heterocycles. The number of hydrogen-bond donors (Lipinski definition) is 2. The summed E-state index contributed by atoms with van der Waals surface area (Å²) >= 11 is 0. The Balaban J connectivity index is 1.63. The number of nitrogens with one attached hydrogen (secondary N) is 1. The van der Waals surface area contributed by atoms with Crippen LogP contribution in [0.5, 0.6) is 5.75 Å². The number of carbonyl (C=O) groups excluding carboxylic acids is 1. The first-order valence-corrected chi connectivity index (χ1v) is 6.91. The number of nitrogens with zero attached hydrogens (tertiary/aromatic N) is 2. The summed E-state index contributed by atoms with van der Waals surface area (Å²) in [5.41, 5.74) is 3.20. The molecule has 0 saturated carbocycles. The fraction of sp³-hybridized carbons (Fsp3) is 0.0625. The van der Waals surface area contributed by atoms with E-state index in [1.54, 1.807) is 24.3 Å². The maximum atomic E-state index is 12.9. The van der Waals surface area contributed by atoms with Gasteiger partial charge in [0.1, 0.15) is 11.6 Å². The summed E-state index contributed by atoms with van der Waals surface area (Å²) in [6.45, 7) is -0.00188. The molecule has 1 aromatic heterocycles. The second-order valence-corrected chi connectivity index (χ2v) is 4.78. The molecule has 3 rings (SSSR count). The average molecular weight is 329 g/mol. The smallest absolute Gasteiger partial charge is 0.333 e. The highest BCUT2D eigenvalue weighted by molar-refractivity contribution is 5.88. The first-order valence-electron chi connectivity index (χ1n) is 6.91. The summed E-state index contributed by atoms with van der Waals surface area (Å²) in [6.07, 6.45) is 0. The number of carbonyl (C=O) groups is 1. The van der Waals surface area contributed by atoms with E-state index in [4.69, 9.17) is 9.94 Å².